The Balaban J connectivity index is 1.41. The van der Waals surface area contributed by atoms with Crippen LogP contribution in [-0.4, -0.2) is 34.1 Å². The van der Waals surface area contributed by atoms with E-state index in [1.165, 1.54) is 25.7 Å². The Morgan fingerprint density at radius 2 is 2.03 bits per heavy atom. The molecule has 29 heavy (non-hydrogen) atoms. The third-order valence-corrected chi connectivity index (χ3v) is 8.32. The lowest BCUT2D eigenvalue weighted by atomic mass is 9.75. The van der Waals surface area contributed by atoms with Crippen LogP contribution in [-0.2, 0) is 5.75 Å². The van der Waals surface area contributed by atoms with E-state index in [0.717, 1.165) is 51.3 Å². The van der Waals surface area contributed by atoms with Crippen molar-refractivity contribution in [3.05, 3.63) is 40.6 Å². The molecule has 0 spiro atoms. The Morgan fingerprint density at radius 1 is 1.21 bits per heavy atom. The van der Waals surface area contributed by atoms with E-state index in [0.29, 0.717) is 17.4 Å². The number of aryl methyl sites for hydroxylation is 1. The Bertz CT molecular complexity index is 1030. The van der Waals surface area contributed by atoms with Crippen LogP contribution in [0.15, 0.2) is 33.0 Å². The number of piperidine rings is 1. The van der Waals surface area contributed by atoms with Gasteiger partial charge in [0.1, 0.15) is 10.6 Å². The van der Waals surface area contributed by atoms with Gasteiger partial charge in [-0.25, -0.2) is 0 Å². The van der Waals surface area contributed by atoms with Crippen LogP contribution >= 0.6 is 23.1 Å². The zero-order valence-electron chi connectivity index (χ0n) is 16.6. The summed E-state index contributed by atoms with van der Waals surface area (Å²) in [6.07, 6.45) is 6.38. The highest BCUT2D eigenvalue weighted by Crippen LogP contribution is 2.38. The van der Waals surface area contributed by atoms with Crippen LogP contribution < -0.4 is 0 Å². The first-order valence-electron chi connectivity index (χ1n) is 10.4. The second kappa shape index (κ2) is 8.11. The molecule has 1 aliphatic carbocycles. The van der Waals surface area contributed by atoms with Crippen LogP contribution in [0.1, 0.15) is 53.2 Å². The fraction of sp³-hybridized carbons (Fsp3) is 0.500. The number of hydrogen-bond donors (Lipinski definition) is 0. The molecule has 0 N–H and O–H groups in total. The molecule has 152 valence electrons. The lowest BCUT2D eigenvalue weighted by molar-refractivity contribution is 0.0493. The smallest absolute Gasteiger partial charge is 0.289 e. The Morgan fingerprint density at radius 3 is 2.86 bits per heavy atom. The number of carbonyl (C=O) groups is 1. The number of thioether (sulfide) groups is 1. The minimum Gasteiger partial charge on any atom is -0.451 e. The van der Waals surface area contributed by atoms with Crippen LogP contribution in [0, 0.1) is 18.8 Å². The van der Waals surface area contributed by atoms with Crippen LogP contribution in [0.5, 0.6) is 0 Å². The molecule has 1 saturated carbocycles. The van der Waals surface area contributed by atoms with Gasteiger partial charge in [-0.2, -0.15) is 0 Å². The molecule has 3 heterocycles. The van der Waals surface area contributed by atoms with Gasteiger partial charge in [-0.15, -0.1) is 10.2 Å². The van der Waals surface area contributed by atoms with Gasteiger partial charge in [0.25, 0.3) is 5.91 Å². The molecule has 5 rings (SSSR count). The molecule has 1 amide bonds. The van der Waals surface area contributed by atoms with Crippen molar-refractivity contribution in [1.29, 1.82) is 0 Å². The maximum absolute atomic E-state index is 13.5. The van der Waals surface area contributed by atoms with Crippen molar-refractivity contribution in [1.82, 2.24) is 15.1 Å². The number of likely N-dealkylation sites (tertiary alicyclic amines) is 1. The first-order chi connectivity index (χ1) is 14.2. The molecule has 0 radical (unpaired) electrons. The van der Waals surface area contributed by atoms with Crippen LogP contribution in [0.4, 0.5) is 0 Å². The minimum absolute atomic E-state index is 0.0502. The van der Waals surface area contributed by atoms with Crippen molar-refractivity contribution in [3.63, 3.8) is 0 Å². The summed E-state index contributed by atoms with van der Waals surface area (Å²) in [5.74, 6) is 2.68. The van der Waals surface area contributed by atoms with Gasteiger partial charge >= 0.3 is 0 Å². The van der Waals surface area contributed by atoms with E-state index in [9.17, 15) is 4.79 Å². The average Bonchev–Trinajstić information content (AvgIpc) is 3.34. The highest BCUT2D eigenvalue weighted by molar-refractivity contribution is 8.00. The zero-order valence-corrected chi connectivity index (χ0v) is 18.2. The Kier molecular flexibility index (Phi) is 5.35. The fourth-order valence-corrected chi connectivity index (χ4v) is 6.66. The molecule has 1 saturated heterocycles. The normalized spacial score (nSPS) is 22.0. The van der Waals surface area contributed by atoms with Crippen LogP contribution in [0.3, 0.4) is 0 Å². The number of para-hydroxylation sites is 1. The highest BCUT2D eigenvalue weighted by atomic mass is 32.2. The molecule has 2 aromatic heterocycles. The van der Waals surface area contributed by atoms with Gasteiger partial charge in [-0.1, -0.05) is 60.6 Å². The van der Waals surface area contributed by atoms with Gasteiger partial charge in [0.15, 0.2) is 10.1 Å². The van der Waals surface area contributed by atoms with E-state index < -0.39 is 0 Å². The molecule has 1 aliphatic heterocycles. The van der Waals surface area contributed by atoms with Crippen molar-refractivity contribution < 1.29 is 9.21 Å². The number of furan rings is 1. The summed E-state index contributed by atoms with van der Waals surface area (Å²) in [6, 6.07) is 7.95. The highest BCUT2D eigenvalue weighted by Gasteiger charge is 2.35. The third-order valence-electron chi connectivity index (χ3n) is 6.32. The number of carbonyl (C=O) groups excluding carboxylic acids is 1. The van der Waals surface area contributed by atoms with E-state index in [2.05, 4.69) is 10.2 Å². The first kappa shape index (κ1) is 19.1. The maximum Gasteiger partial charge on any atom is 0.289 e. The summed E-state index contributed by atoms with van der Waals surface area (Å²) < 4.78 is 7.03. The van der Waals surface area contributed by atoms with E-state index in [-0.39, 0.29) is 5.91 Å². The lowest BCUT2D eigenvalue weighted by Crippen LogP contribution is -2.44. The largest absolute Gasteiger partial charge is 0.451 e. The molecule has 2 aliphatic rings. The topological polar surface area (TPSA) is 59.2 Å². The van der Waals surface area contributed by atoms with E-state index >= 15 is 0 Å². The molecule has 1 aromatic carbocycles. The molecule has 0 unspecified atom stereocenters. The summed E-state index contributed by atoms with van der Waals surface area (Å²) in [4.78, 5) is 15.5. The first-order valence-corrected chi connectivity index (χ1v) is 12.2. The Hall–Kier alpha value is -1.86. The lowest BCUT2D eigenvalue weighted by Gasteiger charge is -2.41. The SMILES string of the molecule is Cc1nnc(SCc2c(C(=O)N3CC[C@@H]4CCCC[C@H]4C3)oc3ccccc23)s1. The standard InChI is InChI=1S/C22H25N3O2S2/c1-14-23-24-22(29-14)28-13-18-17-8-4-5-9-19(17)27-20(18)21(26)25-11-10-15-6-2-3-7-16(15)12-25/h4-5,8-9,15-16H,2-3,6-7,10-13H2,1H3/t15-,16-/m0/s1. The molecule has 5 nitrogen and oxygen atoms in total. The number of nitrogens with zero attached hydrogens (tertiary/aromatic N) is 3. The van der Waals surface area contributed by atoms with Gasteiger partial charge < -0.3 is 9.32 Å². The van der Waals surface area contributed by atoms with Crippen molar-refractivity contribution in [2.24, 2.45) is 11.8 Å². The maximum atomic E-state index is 13.5. The molecule has 0 bridgehead atoms. The predicted molar refractivity (Wildman–Crippen MR) is 116 cm³/mol. The van der Waals surface area contributed by atoms with Crippen molar-refractivity contribution in [2.45, 2.75) is 49.1 Å². The summed E-state index contributed by atoms with van der Waals surface area (Å²) in [5, 5.41) is 10.3. The van der Waals surface area contributed by atoms with E-state index in [1.807, 2.05) is 36.1 Å². The number of rotatable bonds is 4. The van der Waals surface area contributed by atoms with E-state index in [4.69, 9.17) is 4.42 Å². The zero-order chi connectivity index (χ0) is 19.8. The van der Waals surface area contributed by atoms with E-state index in [1.54, 1.807) is 23.1 Å². The van der Waals surface area contributed by atoms with Crippen LogP contribution in [0.25, 0.3) is 11.0 Å². The Labute approximate surface area is 178 Å². The molecule has 7 heteroatoms. The monoisotopic (exact) mass is 427 g/mol. The van der Waals surface area contributed by atoms with Gasteiger partial charge in [0, 0.05) is 29.8 Å². The number of amides is 1. The van der Waals surface area contributed by atoms with Crippen LogP contribution in [0.2, 0.25) is 0 Å². The van der Waals surface area contributed by atoms with Gasteiger partial charge in [-0.05, 0) is 37.7 Å². The number of hydrogen-bond acceptors (Lipinski definition) is 6. The molecular formula is C22H25N3O2S2. The summed E-state index contributed by atoms with van der Waals surface area (Å²) in [5.41, 5.74) is 1.77. The third kappa shape index (κ3) is 3.82. The number of fused-ring (bicyclic) bond motifs is 2. The molecular weight excluding hydrogens is 402 g/mol. The van der Waals surface area contributed by atoms with Gasteiger partial charge in [0.2, 0.25) is 0 Å². The van der Waals surface area contributed by atoms with Gasteiger partial charge in [-0.3, -0.25) is 4.79 Å². The summed E-state index contributed by atoms with van der Waals surface area (Å²) in [6.45, 7) is 3.68. The van der Waals surface area contributed by atoms with Crippen molar-refractivity contribution in [2.75, 3.05) is 13.1 Å². The summed E-state index contributed by atoms with van der Waals surface area (Å²) in [7, 11) is 0. The second-order valence-electron chi connectivity index (χ2n) is 8.13. The van der Waals surface area contributed by atoms with Crippen molar-refractivity contribution in [3.8, 4) is 0 Å². The quantitative estimate of drug-likeness (QED) is 0.512. The molecule has 2 atom stereocenters. The molecule has 2 fully saturated rings. The average molecular weight is 428 g/mol. The summed E-state index contributed by atoms with van der Waals surface area (Å²) >= 11 is 3.21. The van der Waals surface area contributed by atoms with Gasteiger partial charge in [0.05, 0.1) is 0 Å². The number of benzene rings is 1. The predicted octanol–water partition coefficient (Wildman–Crippen LogP) is 5.54. The minimum atomic E-state index is 0.0502. The second-order valence-corrected chi connectivity index (χ2v) is 10.5. The van der Waals surface area contributed by atoms with Crippen molar-refractivity contribution >= 4 is 40.0 Å². The number of aromatic nitrogens is 2. The molecule has 3 aromatic rings. The fourth-order valence-electron chi connectivity index (χ4n) is 4.81.